The molecule has 0 bridgehead atoms. The summed E-state index contributed by atoms with van der Waals surface area (Å²) in [6.45, 7) is 0.321. The van der Waals surface area contributed by atoms with Crippen LogP contribution in [0.2, 0.25) is 0 Å². The molecule has 1 aliphatic heterocycles. The molecule has 1 saturated heterocycles. The number of nitrogens with zero attached hydrogens (tertiary/aromatic N) is 1. The summed E-state index contributed by atoms with van der Waals surface area (Å²) in [7, 11) is 1.61. The van der Waals surface area contributed by atoms with Gasteiger partial charge in [0.1, 0.15) is 11.8 Å². The number of carbonyl (C=O) groups excluding carboxylic acids is 3. The molecule has 1 aromatic rings. The Bertz CT molecular complexity index is 698. The van der Waals surface area contributed by atoms with Crippen molar-refractivity contribution >= 4 is 17.8 Å². The van der Waals surface area contributed by atoms with Crippen molar-refractivity contribution in [1.82, 2.24) is 15.5 Å². The van der Waals surface area contributed by atoms with Crippen molar-refractivity contribution in [3.63, 3.8) is 0 Å². The normalized spacial score (nSPS) is 20.2. The number of ether oxygens (including phenoxy) is 1. The molecule has 2 N–H and O–H groups in total. The lowest BCUT2D eigenvalue weighted by molar-refractivity contribution is -0.127. The Labute approximate surface area is 165 Å². The van der Waals surface area contributed by atoms with Crippen LogP contribution in [-0.4, -0.2) is 48.5 Å². The highest BCUT2D eigenvalue weighted by Gasteiger charge is 2.37. The van der Waals surface area contributed by atoms with E-state index in [2.05, 4.69) is 10.6 Å². The lowest BCUT2D eigenvalue weighted by Gasteiger charge is -2.22. The molecule has 7 heteroatoms. The highest BCUT2D eigenvalue weighted by atomic mass is 16.5. The average Bonchev–Trinajstić information content (AvgIpc) is 2.99. The van der Waals surface area contributed by atoms with Gasteiger partial charge >= 0.3 is 6.03 Å². The fraction of sp³-hybridized carbons (Fsp3) is 0.571. The summed E-state index contributed by atoms with van der Waals surface area (Å²) in [5.41, 5.74) is 1.02. The SMILES string of the molecule is COc1ccc(CCN2C(=O)N[C@@H](CCC(=O)NC3CCCCC3)C2=O)cc1. The average molecular weight is 387 g/mol. The molecular weight excluding hydrogens is 358 g/mol. The van der Waals surface area contributed by atoms with Gasteiger partial charge in [0, 0.05) is 19.0 Å². The minimum atomic E-state index is -0.611. The first-order valence-electron chi connectivity index (χ1n) is 10.1. The molecular formula is C21H29N3O4. The number of nitrogens with one attached hydrogen (secondary N) is 2. The van der Waals surface area contributed by atoms with E-state index < -0.39 is 6.04 Å². The molecule has 152 valence electrons. The van der Waals surface area contributed by atoms with Crippen molar-refractivity contribution in [2.75, 3.05) is 13.7 Å². The van der Waals surface area contributed by atoms with Crippen LogP contribution in [0.25, 0.3) is 0 Å². The molecule has 1 aliphatic carbocycles. The van der Waals surface area contributed by atoms with Crippen LogP contribution in [0.15, 0.2) is 24.3 Å². The largest absolute Gasteiger partial charge is 0.497 e. The Morgan fingerprint density at radius 3 is 2.57 bits per heavy atom. The number of hydrogen-bond acceptors (Lipinski definition) is 4. The second-order valence-electron chi connectivity index (χ2n) is 7.53. The lowest BCUT2D eigenvalue weighted by atomic mass is 9.95. The number of methoxy groups -OCH3 is 1. The number of amides is 4. The van der Waals surface area contributed by atoms with Gasteiger partial charge in [-0.15, -0.1) is 0 Å². The number of rotatable bonds is 8. The highest BCUT2D eigenvalue weighted by molar-refractivity contribution is 6.04. The van der Waals surface area contributed by atoms with E-state index in [9.17, 15) is 14.4 Å². The van der Waals surface area contributed by atoms with Crippen LogP contribution >= 0.6 is 0 Å². The fourth-order valence-electron chi connectivity index (χ4n) is 3.84. The van der Waals surface area contributed by atoms with Crippen LogP contribution in [0, 0.1) is 0 Å². The number of imide groups is 1. The van der Waals surface area contributed by atoms with Gasteiger partial charge in [0.05, 0.1) is 7.11 Å². The fourth-order valence-corrected chi connectivity index (χ4v) is 3.84. The van der Waals surface area contributed by atoms with Gasteiger partial charge in [-0.05, 0) is 43.4 Å². The smallest absolute Gasteiger partial charge is 0.324 e. The molecule has 7 nitrogen and oxygen atoms in total. The third-order valence-corrected chi connectivity index (χ3v) is 5.52. The first-order valence-corrected chi connectivity index (χ1v) is 10.1. The molecule has 0 unspecified atom stereocenters. The lowest BCUT2D eigenvalue weighted by Crippen LogP contribution is -2.38. The molecule has 0 spiro atoms. The van der Waals surface area contributed by atoms with Crippen molar-refractivity contribution < 1.29 is 19.1 Å². The topological polar surface area (TPSA) is 87.7 Å². The van der Waals surface area contributed by atoms with Gasteiger partial charge in [-0.2, -0.15) is 0 Å². The number of urea groups is 1. The van der Waals surface area contributed by atoms with E-state index in [-0.39, 0.29) is 30.3 Å². The van der Waals surface area contributed by atoms with Gasteiger partial charge < -0.3 is 15.4 Å². The van der Waals surface area contributed by atoms with Gasteiger partial charge in [-0.25, -0.2) is 4.79 Å². The van der Waals surface area contributed by atoms with Gasteiger partial charge in [0.2, 0.25) is 5.91 Å². The standard InChI is InChI=1S/C21H29N3O4/c1-28-17-9-7-15(8-10-17)13-14-24-20(26)18(23-21(24)27)11-12-19(25)22-16-5-3-2-4-6-16/h7-10,16,18H,2-6,11-14H2,1H3,(H,22,25)(H,23,27)/t18-/m0/s1. The highest BCUT2D eigenvalue weighted by Crippen LogP contribution is 2.18. The Morgan fingerprint density at radius 1 is 1.18 bits per heavy atom. The second-order valence-corrected chi connectivity index (χ2v) is 7.53. The zero-order chi connectivity index (χ0) is 19.9. The van der Waals surface area contributed by atoms with Crippen LogP contribution in [0.3, 0.4) is 0 Å². The summed E-state index contributed by atoms with van der Waals surface area (Å²) in [5.74, 6) is 0.486. The predicted octanol–water partition coefficient (Wildman–Crippen LogP) is 2.39. The van der Waals surface area contributed by atoms with Crippen molar-refractivity contribution in [2.24, 2.45) is 0 Å². The molecule has 1 atom stereocenters. The van der Waals surface area contributed by atoms with Crippen molar-refractivity contribution in [1.29, 1.82) is 0 Å². The second kappa shape index (κ2) is 9.57. The van der Waals surface area contributed by atoms with E-state index in [1.807, 2.05) is 24.3 Å². The summed E-state index contributed by atoms with van der Waals surface area (Å²) in [6.07, 6.45) is 6.78. The molecule has 2 aliphatic rings. The Hall–Kier alpha value is -2.57. The van der Waals surface area contributed by atoms with E-state index in [4.69, 9.17) is 4.74 Å². The molecule has 1 heterocycles. The van der Waals surface area contributed by atoms with Crippen LogP contribution in [-0.2, 0) is 16.0 Å². The van der Waals surface area contributed by atoms with Gasteiger partial charge in [0.25, 0.3) is 5.91 Å². The zero-order valence-corrected chi connectivity index (χ0v) is 16.4. The number of hydrogen-bond donors (Lipinski definition) is 2. The Morgan fingerprint density at radius 2 is 1.89 bits per heavy atom. The Balaban J connectivity index is 1.43. The summed E-state index contributed by atoms with van der Waals surface area (Å²) in [5, 5.41) is 5.75. The summed E-state index contributed by atoms with van der Waals surface area (Å²) in [6, 6.07) is 6.83. The minimum absolute atomic E-state index is 0.0365. The maximum Gasteiger partial charge on any atom is 0.324 e. The van der Waals surface area contributed by atoms with Crippen LogP contribution < -0.4 is 15.4 Å². The van der Waals surface area contributed by atoms with Crippen molar-refractivity contribution in [3.8, 4) is 5.75 Å². The maximum atomic E-state index is 12.5. The van der Waals surface area contributed by atoms with Gasteiger partial charge in [-0.1, -0.05) is 31.4 Å². The predicted molar refractivity (Wildman–Crippen MR) is 105 cm³/mol. The number of benzene rings is 1. The summed E-state index contributed by atoms with van der Waals surface area (Å²) >= 11 is 0. The first-order chi connectivity index (χ1) is 13.6. The van der Waals surface area contributed by atoms with Gasteiger partial charge in [-0.3, -0.25) is 14.5 Å². The Kier molecular flexibility index (Phi) is 6.90. The molecule has 2 fully saturated rings. The maximum absolute atomic E-state index is 12.5. The monoisotopic (exact) mass is 387 g/mol. The van der Waals surface area contributed by atoms with E-state index in [1.54, 1.807) is 7.11 Å². The molecule has 0 radical (unpaired) electrons. The quantitative estimate of drug-likeness (QED) is 0.671. The van der Waals surface area contributed by atoms with Crippen molar-refractivity contribution in [2.45, 2.75) is 63.5 Å². The molecule has 1 aromatic carbocycles. The van der Waals surface area contributed by atoms with E-state index in [0.717, 1.165) is 37.0 Å². The molecule has 1 saturated carbocycles. The van der Waals surface area contributed by atoms with Crippen LogP contribution in [0.1, 0.15) is 50.5 Å². The van der Waals surface area contributed by atoms with Gasteiger partial charge in [0.15, 0.2) is 0 Å². The summed E-state index contributed by atoms with van der Waals surface area (Å²) < 4.78 is 5.13. The molecule has 0 aromatic heterocycles. The van der Waals surface area contributed by atoms with E-state index in [0.29, 0.717) is 19.4 Å². The van der Waals surface area contributed by atoms with Crippen LogP contribution in [0.4, 0.5) is 4.79 Å². The molecule has 28 heavy (non-hydrogen) atoms. The summed E-state index contributed by atoms with van der Waals surface area (Å²) in [4.78, 5) is 38.1. The number of carbonyl (C=O) groups is 3. The molecule has 4 amide bonds. The van der Waals surface area contributed by atoms with Crippen molar-refractivity contribution in [3.05, 3.63) is 29.8 Å². The van der Waals surface area contributed by atoms with Crippen LogP contribution in [0.5, 0.6) is 5.75 Å². The van der Waals surface area contributed by atoms with E-state index in [1.165, 1.54) is 11.3 Å². The minimum Gasteiger partial charge on any atom is -0.497 e. The zero-order valence-electron chi connectivity index (χ0n) is 16.4. The first kappa shape index (κ1) is 20.2. The van der Waals surface area contributed by atoms with E-state index >= 15 is 0 Å². The molecule has 3 rings (SSSR count). The third kappa shape index (κ3) is 5.24. The third-order valence-electron chi connectivity index (χ3n) is 5.52.